The van der Waals surface area contributed by atoms with Crippen molar-refractivity contribution in [2.45, 2.75) is 6.54 Å². The Morgan fingerprint density at radius 2 is 1.81 bits per heavy atom. The molecule has 1 N–H and O–H groups in total. The minimum atomic E-state index is 0.641. The smallest absolute Gasteiger partial charge is 0.134 e. The summed E-state index contributed by atoms with van der Waals surface area (Å²) < 4.78 is 6.90. The Morgan fingerprint density at radius 3 is 2.57 bits per heavy atom. The largest absolute Gasteiger partial charge is 0.459 e. The maximum absolute atomic E-state index is 6.00. The van der Waals surface area contributed by atoms with Crippen molar-refractivity contribution in [3.05, 3.63) is 75.9 Å². The Balaban J connectivity index is 1.69. The first-order valence-corrected chi connectivity index (χ1v) is 7.72. The highest BCUT2D eigenvalue weighted by atomic mass is 79.9. The lowest BCUT2D eigenvalue weighted by Crippen LogP contribution is -1.97. The highest BCUT2D eigenvalue weighted by Gasteiger charge is 2.05. The Hall–Kier alpha value is -1.71. The van der Waals surface area contributed by atoms with Crippen molar-refractivity contribution in [3.8, 4) is 11.3 Å². The molecule has 0 amide bonds. The lowest BCUT2D eigenvalue weighted by atomic mass is 10.2. The molecule has 0 radical (unpaired) electrons. The fraction of sp³-hybridized carbons (Fsp3) is 0.0588. The van der Waals surface area contributed by atoms with Crippen molar-refractivity contribution in [2.24, 2.45) is 0 Å². The number of nitrogens with one attached hydrogen (secondary N) is 1. The molecule has 0 saturated carbocycles. The lowest BCUT2D eigenvalue weighted by molar-refractivity contribution is 0.531. The average molecular weight is 363 g/mol. The highest BCUT2D eigenvalue weighted by molar-refractivity contribution is 9.10. The van der Waals surface area contributed by atoms with Crippen molar-refractivity contribution < 1.29 is 4.42 Å². The fourth-order valence-electron chi connectivity index (χ4n) is 2.03. The van der Waals surface area contributed by atoms with Gasteiger partial charge in [-0.15, -0.1) is 0 Å². The van der Waals surface area contributed by atoms with E-state index in [2.05, 4.69) is 21.2 Å². The molecule has 0 atom stereocenters. The summed E-state index contributed by atoms with van der Waals surface area (Å²) in [5.41, 5.74) is 2.04. The van der Waals surface area contributed by atoms with Gasteiger partial charge < -0.3 is 9.73 Å². The van der Waals surface area contributed by atoms with Gasteiger partial charge in [0.1, 0.15) is 11.5 Å². The van der Waals surface area contributed by atoms with Crippen LogP contribution in [-0.4, -0.2) is 0 Å². The zero-order valence-electron chi connectivity index (χ0n) is 11.1. The van der Waals surface area contributed by atoms with Crippen molar-refractivity contribution in [2.75, 3.05) is 5.32 Å². The summed E-state index contributed by atoms with van der Waals surface area (Å²) >= 11 is 9.42. The third-order valence-electron chi connectivity index (χ3n) is 3.08. The first-order valence-electron chi connectivity index (χ1n) is 6.55. The topological polar surface area (TPSA) is 25.2 Å². The molecule has 0 bridgehead atoms. The summed E-state index contributed by atoms with van der Waals surface area (Å²) in [5, 5.41) is 4.03. The summed E-state index contributed by atoms with van der Waals surface area (Å²) in [7, 11) is 0. The van der Waals surface area contributed by atoms with Crippen LogP contribution in [0.15, 0.2) is 69.6 Å². The second-order valence-electron chi connectivity index (χ2n) is 4.64. The van der Waals surface area contributed by atoms with Crippen LogP contribution in [0.1, 0.15) is 5.76 Å². The number of hydrogen-bond acceptors (Lipinski definition) is 2. The molecule has 0 aliphatic heterocycles. The van der Waals surface area contributed by atoms with Gasteiger partial charge in [0, 0.05) is 20.7 Å². The minimum absolute atomic E-state index is 0.641. The van der Waals surface area contributed by atoms with E-state index < -0.39 is 0 Å². The molecule has 106 valence electrons. The van der Waals surface area contributed by atoms with Crippen LogP contribution in [0, 0.1) is 0 Å². The molecular formula is C17H13BrClNO. The van der Waals surface area contributed by atoms with Crippen LogP contribution in [-0.2, 0) is 6.54 Å². The second kappa shape index (κ2) is 6.37. The molecule has 0 unspecified atom stereocenters. The van der Waals surface area contributed by atoms with Crippen molar-refractivity contribution in [1.29, 1.82) is 0 Å². The third kappa shape index (κ3) is 3.69. The molecule has 3 aromatic rings. The number of rotatable bonds is 4. The molecular weight excluding hydrogens is 350 g/mol. The molecule has 1 aromatic heterocycles. The number of benzene rings is 2. The number of halogens is 2. The first-order chi connectivity index (χ1) is 10.2. The lowest BCUT2D eigenvalue weighted by Gasteiger charge is -2.04. The van der Waals surface area contributed by atoms with Gasteiger partial charge in [0.15, 0.2) is 0 Å². The molecule has 21 heavy (non-hydrogen) atoms. The van der Waals surface area contributed by atoms with Crippen LogP contribution in [0.4, 0.5) is 5.69 Å². The Morgan fingerprint density at radius 1 is 1.00 bits per heavy atom. The van der Waals surface area contributed by atoms with E-state index in [-0.39, 0.29) is 0 Å². The predicted octanol–water partition coefficient (Wildman–Crippen LogP) is 5.97. The molecule has 1 heterocycles. The van der Waals surface area contributed by atoms with E-state index in [1.807, 2.05) is 60.7 Å². The average Bonchev–Trinajstić information content (AvgIpc) is 2.96. The molecule has 0 aliphatic rings. The van der Waals surface area contributed by atoms with E-state index in [4.69, 9.17) is 16.0 Å². The van der Waals surface area contributed by atoms with Crippen molar-refractivity contribution in [1.82, 2.24) is 0 Å². The maximum atomic E-state index is 6.00. The summed E-state index contributed by atoms with van der Waals surface area (Å²) in [5.74, 6) is 1.71. The molecule has 3 rings (SSSR count). The van der Waals surface area contributed by atoms with Gasteiger partial charge in [-0.3, -0.25) is 0 Å². The molecule has 0 fully saturated rings. The van der Waals surface area contributed by atoms with Crippen LogP contribution in [0.3, 0.4) is 0 Å². The summed E-state index contributed by atoms with van der Waals surface area (Å²) in [4.78, 5) is 0. The molecule has 0 saturated heterocycles. The van der Waals surface area contributed by atoms with Crippen LogP contribution >= 0.6 is 27.5 Å². The molecule has 4 heteroatoms. The van der Waals surface area contributed by atoms with Crippen LogP contribution in [0.25, 0.3) is 11.3 Å². The normalized spacial score (nSPS) is 10.6. The summed E-state index contributed by atoms with van der Waals surface area (Å²) in [6, 6.07) is 19.6. The maximum Gasteiger partial charge on any atom is 0.134 e. The van der Waals surface area contributed by atoms with Crippen LogP contribution < -0.4 is 5.32 Å². The van der Waals surface area contributed by atoms with Crippen molar-refractivity contribution in [3.63, 3.8) is 0 Å². The standard InChI is InChI=1S/C17H13BrClNO/c18-13-4-6-15(7-5-13)20-11-16-8-9-17(21-16)12-2-1-3-14(19)10-12/h1-10,20H,11H2. The van der Waals surface area contributed by atoms with Gasteiger partial charge in [0.2, 0.25) is 0 Å². The third-order valence-corrected chi connectivity index (χ3v) is 3.85. The predicted molar refractivity (Wildman–Crippen MR) is 90.6 cm³/mol. The first kappa shape index (κ1) is 14.2. The SMILES string of the molecule is Clc1cccc(-c2ccc(CNc3ccc(Br)cc3)o2)c1. The molecule has 2 aromatic carbocycles. The number of anilines is 1. The van der Waals surface area contributed by atoms with Gasteiger partial charge in [-0.2, -0.15) is 0 Å². The van der Waals surface area contributed by atoms with Gasteiger partial charge in [-0.05, 0) is 48.5 Å². The van der Waals surface area contributed by atoms with Crippen molar-refractivity contribution >= 4 is 33.2 Å². The number of furan rings is 1. The quantitative estimate of drug-likeness (QED) is 0.618. The Bertz CT molecular complexity index is 737. The van der Waals surface area contributed by atoms with E-state index in [0.29, 0.717) is 11.6 Å². The molecule has 0 spiro atoms. The van der Waals surface area contributed by atoms with Gasteiger partial charge in [-0.25, -0.2) is 0 Å². The molecule has 0 aliphatic carbocycles. The van der Waals surface area contributed by atoms with Crippen LogP contribution in [0.5, 0.6) is 0 Å². The Labute approximate surface area is 136 Å². The van der Waals surface area contributed by atoms with Gasteiger partial charge in [0.05, 0.1) is 6.54 Å². The zero-order valence-corrected chi connectivity index (χ0v) is 13.5. The van der Waals surface area contributed by atoms with Gasteiger partial charge >= 0.3 is 0 Å². The zero-order chi connectivity index (χ0) is 14.7. The van der Waals surface area contributed by atoms with Gasteiger partial charge in [0.25, 0.3) is 0 Å². The number of hydrogen-bond donors (Lipinski definition) is 1. The summed E-state index contributed by atoms with van der Waals surface area (Å²) in [6.07, 6.45) is 0. The van der Waals surface area contributed by atoms with E-state index in [1.165, 1.54) is 0 Å². The van der Waals surface area contributed by atoms with E-state index >= 15 is 0 Å². The van der Waals surface area contributed by atoms with E-state index in [9.17, 15) is 0 Å². The monoisotopic (exact) mass is 361 g/mol. The molecule has 2 nitrogen and oxygen atoms in total. The van der Waals surface area contributed by atoms with Crippen LogP contribution in [0.2, 0.25) is 5.02 Å². The minimum Gasteiger partial charge on any atom is -0.459 e. The highest BCUT2D eigenvalue weighted by Crippen LogP contribution is 2.25. The van der Waals surface area contributed by atoms with Gasteiger partial charge in [-0.1, -0.05) is 39.7 Å². The summed E-state index contributed by atoms with van der Waals surface area (Å²) in [6.45, 7) is 0.641. The second-order valence-corrected chi connectivity index (χ2v) is 5.99. The Kier molecular flexibility index (Phi) is 4.32. The van der Waals surface area contributed by atoms with E-state index in [1.54, 1.807) is 0 Å². The van der Waals surface area contributed by atoms with E-state index in [0.717, 1.165) is 27.2 Å². The fourth-order valence-corrected chi connectivity index (χ4v) is 2.48.